The molecule has 5 aromatic carbocycles. The summed E-state index contributed by atoms with van der Waals surface area (Å²) in [6.07, 6.45) is 0. The van der Waals surface area contributed by atoms with E-state index in [0.29, 0.717) is 0 Å². The van der Waals surface area contributed by atoms with Gasteiger partial charge in [-0.15, -0.1) is 0 Å². The van der Waals surface area contributed by atoms with Crippen LogP contribution in [0, 0.1) is 0 Å². The molecule has 37 heavy (non-hydrogen) atoms. The van der Waals surface area contributed by atoms with Crippen LogP contribution >= 0.6 is 0 Å². The lowest BCUT2D eigenvalue weighted by Crippen LogP contribution is -2.32. The standard InChI is InChI=1S/C35H31N2/c1-6-16-28(17-7-1)26-36-33(30-20-10-3-11-21-30)34(31-22-12-4-13-23-31)37(27-29-18-8-2-9-19-29)35(36)32-24-14-5-15-25-32/h1-25,33-34H,26-27H2/q+1/t33-,34-/m1/s1. The lowest BCUT2D eigenvalue weighted by Gasteiger charge is -2.25. The molecular weight excluding hydrogens is 448 g/mol. The molecule has 0 saturated heterocycles. The molecule has 0 amide bonds. The Morgan fingerprint density at radius 3 is 1.51 bits per heavy atom. The van der Waals surface area contributed by atoms with Crippen molar-refractivity contribution in [1.82, 2.24) is 4.90 Å². The molecule has 1 aliphatic heterocycles. The maximum atomic E-state index is 2.63. The first-order valence-electron chi connectivity index (χ1n) is 13.0. The van der Waals surface area contributed by atoms with E-state index in [4.69, 9.17) is 0 Å². The van der Waals surface area contributed by atoms with Crippen LogP contribution in [0.25, 0.3) is 0 Å². The molecule has 180 valence electrons. The third-order valence-corrected chi connectivity index (χ3v) is 7.22. The molecule has 0 aliphatic carbocycles. The van der Waals surface area contributed by atoms with Gasteiger partial charge >= 0.3 is 0 Å². The number of hydrogen-bond acceptors (Lipinski definition) is 1. The molecule has 1 aliphatic rings. The maximum absolute atomic E-state index is 2.63. The smallest absolute Gasteiger partial charge is 0.246 e. The Labute approximate surface area is 219 Å². The van der Waals surface area contributed by atoms with Gasteiger partial charge in [-0.25, -0.2) is 9.48 Å². The van der Waals surface area contributed by atoms with Crippen LogP contribution < -0.4 is 0 Å². The van der Waals surface area contributed by atoms with Gasteiger partial charge in [0.1, 0.15) is 13.1 Å². The second kappa shape index (κ2) is 10.7. The van der Waals surface area contributed by atoms with Gasteiger partial charge in [0.15, 0.2) is 12.1 Å². The highest BCUT2D eigenvalue weighted by Crippen LogP contribution is 2.44. The second-order valence-corrected chi connectivity index (χ2v) is 9.63. The van der Waals surface area contributed by atoms with Crippen LogP contribution in [-0.4, -0.2) is 15.3 Å². The first-order chi connectivity index (χ1) is 18.4. The van der Waals surface area contributed by atoms with E-state index in [9.17, 15) is 0 Å². The minimum atomic E-state index is 0.155. The first-order valence-corrected chi connectivity index (χ1v) is 13.0. The summed E-state index contributed by atoms with van der Waals surface area (Å²) in [5.41, 5.74) is 6.52. The molecule has 5 aromatic rings. The van der Waals surface area contributed by atoms with Crippen LogP contribution in [0.3, 0.4) is 0 Å². The minimum absolute atomic E-state index is 0.155. The Balaban J connectivity index is 1.60. The molecule has 0 spiro atoms. The molecule has 2 nitrogen and oxygen atoms in total. The molecular formula is C35H31N2+. The van der Waals surface area contributed by atoms with Crippen molar-refractivity contribution in [2.75, 3.05) is 0 Å². The summed E-state index contributed by atoms with van der Waals surface area (Å²) in [4.78, 5) is 2.63. The summed E-state index contributed by atoms with van der Waals surface area (Å²) in [5, 5.41) is 0. The zero-order valence-electron chi connectivity index (χ0n) is 20.9. The molecule has 0 aromatic heterocycles. The predicted molar refractivity (Wildman–Crippen MR) is 151 cm³/mol. The zero-order valence-corrected chi connectivity index (χ0v) is 20.9. The lowest BCUT2D eigenvalue weighted by atomic mass is 9.92. The van der Waals surface area contributed by atoms with Crippen LogP contribution in [0.15, 0.2) is 152 Å². The summed E-state index contributed by atoms with van der Waals surface area (Å²) in [6.45, 7) is 1.67. The third-order valence-electron chi connectivity index (χ3n) is 7.22. The normalized spacial score (nSPS) is 17.2. The minimum Gasteiger partial charge on any atom is -0.246 e. The highest BCUT2D eigenvalue weighted by Gasteiger charge is 2.49. The van der Waals surface area contributed by atoms with Gasteiger partial charge in [-0.2, -0.15) is 0 Å². The average Bonchev–Trinajstić information content (AvgIpc) is 3.28. The van der Waals surface area contributed by atoms with E-state index in [-0.39, 0.29) is 12.1 Å². The molecule has 0 saturated carbocycles. The summed E-state index contributed by atoms with van der Waals surface area (Å²) >= 11 is 0. The van der Waals surface area contributed by atoms with Crippen molar-refractivity contribution in [3.05, 3.63) is 179 Å². The Morgan fingerprint density at radius 2 is 0.946 bits per heavy atom. The van der Waals surface area contributed by atoms with Gasteiger partial charge in [-0.1, -0.05) is 140 Å². The molecule has 0 fully saturated rings. The van der Waals surface area contributed by atoms with Gasteiger partial charge in [-0.3, -0.25) is 0 Å². The Kier molecular flexibility index (Phi) is 6.64. The quantitative estimate of drug-likeness (QED) is 0.217. The lowest BCUT2D eigenvalue weighted by molar-refractivity contribution is -0.582. The molecule has 0 bridgehead atoms. The molecule has 1 heterocycles. The van der Waals surface area contributed by atoms with Crippen molar-refractivity contribution >= 4 is 5.84 Å². The molecule has 2 heteroatoms. The molecule has 0 radical (unpaired) electrons. The fourth-order valence-electron chi connectivity index (χ4n) is 5.62. The summed E-state index contributed by atoms with van der Waals surface area (Å²) < 4.78 is 2.63. The number of nitrogens with zero attached hydrogens (tertiary/aromatic N) is 2. The van der Waals surface area contributed by atoms with E-state index in [1.54, 1.807) is 0 Å². The monoisotopic (exact) mass is 479 g/mol. The van der Waals surface area contributed by atoms with E-state index in [1.807, 2.05) is 0 Å². The molecule has 0 N–H and O–H groups in total. The van der Waals surface area contributed by atoms with Crippen LogP contribution in [0.1, 0.15) is 39.9 Å². The number of amidine groups is 1. The van der Waals surface area contributed by atoms with E-state index in [1.165, 1.54) is 33.7 Å². The largest absolute Gasteiger partial charge is 0.281 e. The highest BCUT2D eigenvalue weighted by molar-refractivity contribution is 5.96. The van der Waals surface area contributed by atoms with E-state index < -0.39 is 0 Å². The van der Waals surface area contributed by atoms with Gasteiger partial charge in [-0.05, 0) is 23.3 Å². The summed E-state index contributed by atoms with van der Waals surface area (Å²) in [6, 6.07) is 55.0. The number of benzene rings is 5. The molecule has 0 unspecified atom stereocenters. The van der Waals surface area contributed by atoms with Crippen molar-refractivity contribution in [3.63, 3.8) is 0 Å². The molecule has 2 atom stereocenters. The van der Waals surface area contributed by atoms with Crippen LogP contribution in [0.5, 0.6) is 0 Å². The van der Waals surface area contributed by atoms with Crippen molar-refractivity contribution in [2.45, 2.75) is 25.2 Å². The number of rotatable bonds is 7. The topological polar surface area (TPSA) is 6.25 Å². The van der Waals surface area contributed by atoms with Crippen molar-refractivity contribution < 1.29 is 4.58 Å². The fourth-order valence-corrected chi connectivity index (χ4v) is 5.62. The van der Waals surface area contributed by atoms with Gasteiger partial charge in [0.25, 0.3) is 5.84 Å². The molecule has 6 rings (SSSR count). The highest BCUT2D eigenvalue weighted by atomic mass is 15.3. The number of hydrogen-bond donors (Lipinski definition) is 0. The third kappa shape index (κ3) is 4.83. The van der Waals surface area contributed by atoms with Gasteiger partial charge in [0.05, 0.1) is 5.56 Å². The van der Waals surface area contributed by atoms with Crippen LogP contribution in [0.4, 0.5) is 0 Å². The van der Waals surface area contributed by atoms with Crippen molar-refractivity contribution in [3.8, 4) is 0 Å². The van der Waals surface area contributed by atoms with Gasteiger partial charge < -0.3 is 0 Å². The maximum Gasteiger partial charge on any atom is 0.281 e. The Morgan fingerprint density at radius 1 is 0.486 bits per heavy atom. The van der Waals surface area contributed by atoms with E-state index in [0.717, 1.165) is 13.1 Å². The van der Waals surface area contributed by atoms with Crippen molar-refractivity contribution in [1.29, 1.82) is 0 Å². The predicted octanol–water partition coefficient (Wildman–Crippen LogP) is 7.64. The second-order valence-electron chi connectivity index (χ2n) is 9.63. The Hall–Kier alpha value is -4.43. The average molecular weight is 480 g/mol. The van der Waals surface area contributed by atoms with E-state index in [2.05, 4.69) is 161 Å². The van der Waals surface area contributed by atoms with Crippen LogP contribution in [-0.2, 0) is 13.1 Å². The SMILES string of the molecule is c1ccc(CN2C(c3ccccc3)=[N+](Cc3ccccc3)[C@H](c3ccccc3)[C@H]2c2ccccc2)cc1. The van der Waals surface area contributed by atoms with E-state index >= 15 is 0 Å². The van der Waals surface area contributed by atoms with Crippen LogP contribution in [0.2, 0.25) is 0 Å². The van der Waals surface area contributed by atoms with Crippen molar-refractivity contribution in [2.24, 2.45) is 0 Å². The summed E-state index contributed by atoms with van der Waals surface area (Å²) in [5.74, 6) is 1.27. The van der Waals surface area contributed by atoms with Gasteiger partial charge in [0.2, 0.25) is 0 Å². The fraction of sp³-hybridized carbons (Fsp3) is 0.114. The Bertz CT molecular complexity index is 1450. The first kappa shape index (κ1) is 23.0. The zero-order chi connectivity index (χ0) is 24.9. The van der Waals surface area contributed by atoms with Gasteiger partial charge in [0, 0.05) is 11.1 Å². The summed E-state index contributed by atoms with van der Waals surface area (Å²) in [7, 11) is 0.